The summed E-state index contributed by atoms with van der Waals surface area (Å²) >= 11 is 0. The van der Waals surface area contributed by atoms with Gasteiger partial charge in [-0.25, -0.2) is 4.99 Å². The van der Waals surface area contributed by atoms with Crippen molar-refractivity contribution < 1.29 is 4.74 Å². The number of methoxy groups -OCH3 is 1. The summed E-state index contributed by atoms with van der Waals surface area (Å²) in [5.74, 6) is 1.63. The molecule has 0 aliphatic heterocycles. The van der Waals surface area contributed by atoms with Crippen molar-refractivity contribution in [2.24, 2.45) is 4.99 Å². The van der Waals surface area contributed by atoms with Gasteiger partial charge in [-0.05, 0) is 73.2 Å². The number of ether oxygens (including phenoxy) is 1. The fraction of sp³-hybridized carbons (Fsp3) is 0.160. The van der Waals surface area contributed by atoms with Gasteiger partial charge in [0.15, 0.2) is 0 Å². The lowest BCUT2D eigenvalue weighted by atomic mass is 10.2. The average Bonchev–Trinajstić information content (AvgIpc) is 2.80. The van der Waals surface area contributed by atoms with Gasteiger partial charge in [0.1, 0.15) is 11.6 Å². The second kappa shape index (κ2) is 10.7. The Morgan fingerprint density at radius 2 is 1.58 bits per heavy atom. The van der Waals surface area contributed by atoms with E-state index in [2.05, 4.69) is 21.1 Å². The Hall–Kier alpha value is -3.93. The van der Waals surface area contributed by atoms with Crippen molar-refractivity contribution in [3.63, 3.8) is 0 Å². The molecule has 3 N–H and O–H groups in total. The molecule has 0 saturated heterocycles. The first-order chi connectivity index (χ1) is 15.1. The Morgan fingerprint density at radius 1 is 0.935 bits per heavy atom. The van der Waals surface area contributed by atoms with Crippen LogP contribution in [0.5, 0.6) is 5.75 Å². The van der Waals surface area contributed by atoms with E-state index in [4.69, 9.17) is 4.74 Å². The quantitative estimate of drug-likeness (QED) is 0.257. The number of para-hydroxylation sites is 1. The molecule has 0 bridgehead atoms. The smallest absolute Gasteiger partial charge is 0.119 e. The first-order valence-electron chi connectivity index (χ1n) is 10.1. The van der Waals surface area contributed by atoms with Crippen molar-refractivity contribution in [3.8, 4) is 5.75 Å². The van der Waals surface area contributed by atoms with Gasteiger partial charge in [-0.15, -0.1) is 0 Å². The van der Waals surface area contributed by atoms with Crippen LogP contribution in [0.3, 0.4) is 0 Å². The van der Waals surface area contributed by atoms with Gasteiger partial charge >= 0.3 is 0 Å². The Kier molecular flexibility index (Phi) is 7.54. The van der Waals surface area contributed by atoms with Crippen LogP contribution in [0.1, 0.15) is 12.5 Å². The fourth-order valence-corrected chi connectivity index (χ4v) is 3.04. The molecule has 6 nitrogen and oxygen atoms in total. The largest absolute Gasteiger partial charge is 0.497 e. The summed E-state index contributed by atoms with van der Waals surface area (Å²) in [6.45, 7) is 1.93. The van der Waals surface area contributed by atoms with Gasteiger partial charge in [0.05, 0.1) is 12.8 Å². The number of hydrogen-bond donors (Lipinski definition) is 3. The Bertz CT molecular complexity index is 1030. The van der Waals surface area contributed by atoms with Crippen molar-refractivity contribution in [1.29, 1.82) is 0 Å². The third-order valence-electron chi connectivity index (χ3n) is 4.72. The van der Waals surface area contributed by atoms with Gasteiger partial charge in [-0.1, -0.05) is 18.2 Å². The highest BCUT2D eigenvalue weighted by molar-refractivity contribution is 5.82. The van der Waals surface area contributed by atoms with E-state index in [9.17, 15) is 0 Å². The minimum Gasteiger partial charge on any atom is -0.497 e. The first kappa shape index (κ1) is 21.8. The van der Waals surface area contributed by atoms with Crippen LogP contribution in [0.4, 0.5) is 22.7 Å². The zero-order valence-corrected chi connectivity index (χ0v) is 18.4. The van der Waals surface area contributed by atoms with Gasteiger partial charge in [0.25, 0.3) is 0 Å². The number of benzene rings is 3. The molecule has 3 aromatic rings. The van der Waals surface area contributed by atoms with Crippen LogP contribution in [0.15, 0.2) is 84.0 Å². The van der Waals surface area contributed by atoms with Crippen LogP contribution in [0.25, 0.3) is 6.08 Å². The van der Waals surface area contributed by atoms with E-state index < -0.39 is 0 Å². The van der Waals surface area contributed by atoms with Crippen LogP contribution in [0, 0.1) is 0 Å². The minimum absolute atomic E-state index is 0.793. The molecule has 160 valence electrons. The van der Waals surface area contributed by atoms with E-state index in [1.54, 1.807) is 13.3 Å². The summed E-state index contributed by atoms with van der Waals surface area (Å²) in [6.07, 6.45) is 3.78. The molecule has 0 aliphatic carbocycles. The average molecular weight is 416 g/mol. The maximum Gasteiger partial charge on any atom is 0.119 e. The zero-order valence-electron chi connectivity index (χ0n) is 18.4. The molecule has 0 radical (unpaired) electrons. The summed E-state index contributed by atoms with van der Waals surface area (Å²) in [4.78, 5) is 4.48. The van der Waals surface area contributed by atoms with Crippen LogP contribution in [-0.4, -0.2) is 27.0 Å². The summed E-state index contributed by atoms with van der Waals surface area (Å²) in [6, 6.07) is 24.1. The number of aliphatic imine (C=N–C) groups is 1. The molecule has 0 aliphatic rings. The van der Waals surface area contributed by atoms with Gasteiger partial charge < -0.3 is 15.4 Å². The molecule has 0 saturated carbocycles. The Labute approximate surface area is 184 Å². The third kappa shape index (κ3) is 6.27. The molecule has 0 aromatic heterocycles. The lowest BCUT2D eigenvalue weighted by molar-refractivity contribution is 0.415. The second-order valence-corrected chi connectivity index (χ2v) is 6.94. The molecular formula is C25H29N5O. The van der Waals surface area contributed by atoms with Crippen molar-refractivity contribution >= 4 is 34.7 Å². The predicted molar refractivity (Wildman–Crippen MR) is 132 cm³/mol. The predicted octanol–water partition coefficient (Wildman–Crippen LogP) is 5.51. The number of hydrogen-bond acceptors (Lipinski definition) is 5. The lowest BCUT2D eigenvalue weighted by Crippen LogP contribution is -2.37. The Morgan fingerprint density at radius 3 is 2.23 bits per heavy atom. The first-order valence-corrected chi connectivity index (χ1v) is 10.1. The highest BCUT2D eigenvalue weighted by Crippen LogP contribution is 2.22. The molecular weight excluding hydrogens is 386 g/mol. The summed E-state index contributed by atoms with van der Waals surface area (Å²) < 4.78 is 5.19. The molecule has 0 unspecified atom stereocenters. The van der Waals surface area contributed by atoms with Gasteiger partial charge in [-0.2, -0.15) is 0 Å². The maximum absolute atomic E-state index is 5.19. The van der Waals surface area contributed by atoms with E-state index in [0.29, 0.717) is 0 Å². The lowest BCUT2D eigenvalue weighted by Gasteiger charge is -2.21. The molecule has 31 heavy (non-hydrogen) atoms. The Balaban J connectivity index is 1.57. The monoisotopic (exact) mass is 415 g/mol. The molecule has 0 atom stereocenters. The van der Waals surface area contributed by atoms with Gasteiger partial charge in [-0.3, -0.25) is 10.4 Å². The maximum atomic E-state index is 5.19. The van der Waals surface area contributed by atoms with Crippen LogP contribution < -0.4 is 25.8 Å². The highest BCUT2D eigenvalue weighted by atomic mass is 16.5. The molecule has 0 spiro atoms. The molecule has 3 aromatic carbocycles. The topological polar surface area (TPSA) is 60.9 Å². The second-order valence-electron chi connectivity index (χ2n) is 6.94. The number of nitrogens with zero attached hydrogens (tertiary/aromatic N) is 2. The van der Waals surface area contributed by atoms with E-state index in [0.717, 1.165) is 39.9 Å². The molecule has 0 heterocycles. The number of anilines is 4. The highest BCUT2D eigenvalue weighted by Gasteiger charge is 2.02. The van der Waals surface area contributed by atoms with E-state index >= 15 is 0 Å². The van der Waals surface area contributed by atoms with Crippen molar-refractivity contribution in [2.75, 3.05) is 36.8 Å². The van der Waals surface area contributed by atoms with Crippen LogP contribution >= 0.6 is 0 Å². The van der Waals surface area contributed by atoms with Crippen molar-refractivity contribution in [3.05, 3.63) is 84.6 Å². The molecule has 3 rings (SSSR count). The SMILES string of the molecule is CNc1ccccc1/C=C\N=C(C)NN(C)c1ccc(Nc2ccc(OC)cc2)cc1. The van der Waals surface area contributed by atoms with E-state index in [-0.39, 0.29) is 0 Å². The number of amidine groups is 1. The third-order valence-corrected chi connectivity index (χ3v) is 4.72. The fourth-order valence-electron chi connectivity index (χ4n) is 3.04. The minimum atomic E-state index is 0.793. The van der Waals surface area contributed by atoms with Crippen LogP contribution in [-0.2, 0) is 0 Å². The normalized spacial score (nSPS) is 11.3. The zero-order chi connectivity index (χ0) is 22.1. The molecule has 6 heteroatoms. The van der Waals surface area contributed by atoms with Gasteiger partial charge in [0.2, 0.25) is 0 Å². The summed E-state index contributed by atoms with van der Waals surface area (Å²) in [5, 5.41) is 8.50. The summed E-state index contributed by atoms with van der Waals surface area (Å²) in [7, 11) is 5.54. The van der Waals surface area contributed by atoms with E-state index in [1.807, 2.05) is 105 Å². The standard InChI is InChI=1S/C25H29N5O/c1-19(27-18-17-20-7-5-6-8-25(20)26-2)29-30(3)23-13-9-21(10-14-23)28-22-11-15-24(31-4)16-12-22/h5-18,26,28H,1-4H3,(H,27,29)/b18-17-. The van der Waals surface area contributed by atoms with Gasteiger partial charge in [0, 0.05) is 37.4 Å². The molecule has 0 fully saturated rings. The van der Waals surface area contributed by atoms with Crippen molar-refractivity contribution in [2.45, 2.75) is 6.92 Å². The van der Waals surface area contributed by atoms with E-state index in [1.165, 1.54) is 0 Å². The molecule has 0 amide bonds. The number of hydrazine groups is 1. The number of rotatable bonds is 8. The summed E-state index contributed by atoms with van der Waals surface area (Å²) in [5.41, 5.74) is 8.49. The number of nitrogens with one attached hydrogen (secondary N) is 3. The van der Waals surface area contributed by atoms with Crippen molar-refractivity contribution in [1.82, 2.24) is 5.43 Å². The van der Waals surface area contributed by atoms with Crippen LogP contribution in [0.2, 0.25) is 0 Å².